The molecule has 1 N–H and O–H groups in total. The van der Waals surface area contributed by atoms with E-state index in [-0.39, 0.29) is 41.8 Å². The summed E-state index contributed by atoms with van der Waals surface area (Å²) in [6.45, 7) is 4.52. The van der Waals surface area contributed by atoms with Crippen LogP contribution in [0.1, 0.15) is 30.5 Å². The molecule has 0 aliphatic heterocycles. The van der Waals surface area contributed by atoms with Crippen LogP contribution in [0.15, 0.2) is 66.7 Å². The van der Waals surface area contributed by atoms with Gasteiger partial charge in [0.2, 0.25) is 11.8 Å². The third-order valence-corrected chi connectivity index (χ3v) is 6.78. The van der Waals surface area contributed by atoms with Gasteiger partial charge in [-0.15, -0.1) is 0 Å². The first kappa shape index (κ1) is 28.0. The summed E-state index contributed by atoms with van der Waals surface area (Å²) in [5.41, 5.74) is 1.66. The van der Waals surface area contributed by atoms with Gasteiger partial charge >= 0.3 is 0 Å². The van der Waals surface area contributed by atoms with Crippen LogP contribution in [0.5, 0.6) is 0 Å². The summed E-state index contributed by atoms with van der Waals surface area (Å²) < 4.78 is 14.5. The minimum Gasteiger partial charge on any atom is -0.354 e. The molecule has 3 rings (SSSR count). The Morgan fingerprint density at radius 1 is 0.889 bits per heavy atom. The van der Waals surface area contributed by atoms with Crippen molar-refractivity contribution in [2.45, 2.75) is 39.3 Å². The van der Waals surface area contributed by atoms with Gasteiger partial charge in [-0.1, -0.05) is 91.1 Å². The highest BCUT2D eigenvalue weighted by Gasteiger charge is 2.31. The molecular weight excluding hydrogens is 522 g/mol. The summed E-state index contributed by atoms with van der Waals surface area (Å²) in [6.07, 6.45) is -0.0155. The molecule has 3 aromatic rings. The van der Waals surface area contributed by atoms with Crippen LogP contribution in [0.25, 0.3) is 0 Å². The zero-order chi connectivity index (χ0) is 26.2. The first-order chi connectivity index (χ1) is 17.2. The summed E-state index contributed by atoms with van der Waals surface area (Å²) in [5, 5.41) is 3.82. The molecule has 0 bridgehead atoms. The van der Waals surface area contributed by atoms with Gasteiger partial charge in [0.05, 0.1) is 16.5 Å². The Labute approximate surface area is 226 Å². The topological polar surface area (TPSA) is 49.4 Å². The van der Waals surface area contributed by atoms with Gasteiger partial charge in [0, 0.05) is 30.1 Å². The second kappa shape index (κ2) is 13.1. The Balaban J connectivity index is 2.01. The van der Waals surface area contributed by atoms with Crippen molar-refractivity contribution in [3.63, 3.8) is 0 Å². The van der Waals surface area contributed by atoms with Crippen LogP contribution >= 0.6 is 34.8 Å². The van der Waals surface area contributed by atoms with Crippen LogP contribution < -0.4 is 5.32 Å². The molecular formula is C28H28Cl3FN2O2. The minimum atomic E-state index is -0.848. The van der Waals surface area contributed by atoms with E-state index in [1.54, 1.807) is 18.2 Å². The average molecular weight is 550 g/mol. The van der Waals surface area contributed by atoms with Crippen LogP contribution in [0.4, 0.5) is 4.39 Å². The zero-order valence-electron chi connectivity index (χ0n) is 20.1. The van der Waals surface area contributed by atoms with Crippen molar-refractivity contribution in [3.8, 4) is 0 Å². The van der Waals surface area contributed by atoms with Crippen molar-refractivity contribution in [1.82, 2.24) is 10.2 Å². The van der Waals surface area contributed by atoms with E-state index in [2.05, 4.69) is 5.32 Å². The van der Waals surface area contributed by atoms with Gasteiger partial charge < -0.3 is 10.2 Å². The molecule has 1 atom stereocenters. The van der Waals surface area contributed by atoms with Gasteiger partial charge in [-0.05, 0) is 41.3 Å². The maximum absolute atomic E-state index is 14.5. The summed E-state index contributed by atoms with van der Waals surface area (Å²) >= 11 is 18.5. The molecule has 0 heterocycles. The number of nitrogens with zero attached hydrogens (tertiary/aromatic N) is 1. The Hall–Kier alpha value is -2.60. The molecule has 4 nitrogen and oxygen atoms in total. The second-order valence-electron chi connectivity index (χ2n) is 8.99. The maximum Gasteiger partial charge on any atom is 0.243 e. The quantitative estimate of drug-likeness (QED) is 0.304. The molecule has 0 unspecified atom stereocenters. The lowest BCUT2D eigenvalue weighted by Crippen LogP contribution is -2.51. The first-order valence-electron chi connectivity index (χ1n) is 11.6. The minimum absolute atomic E-state index is 0.0778. The van der Waals surface area contributed by atoms with Crippen molar-refractivity contribution in [3.05, 3.63) is 104 Å². The van der Waals surface area contributed by atoms with E-state index in [0.717, 1.165) is 5.56 Å². The van der Waals surface area contributed by atoms with Crippen LogP contribution in [0.3, 0.4) is 0 Å². The highest BCUT2D eigenvalue weighted by Crippen LogP contribution is 2.26. The van der Waals surface area contributed by atoms with Gasteiger partial charge in [-0.2, -0.15) is 0 Å². The molecule has 0 fully saturated rings. The molecule has 0 aliphatic rings. The van der Waals surface area contributed by atoms with E-state index in [1.807, 2.05) is 44.2 Å². The third-order valence-electron chi connectivity index (χ3n) is 5.68. The molecule has 0 aliphatic carbocycles. The van der Waals surface area contributed by atoms with E-state index >= 15 is 0 Å². The standard InChI is InChI=1S/C28H28Cl3FN2O2/c1-18(2)16-33-28(36)26(14-19-7-4-3-5-8-19)34(17-20-11-12-23(30)24(31)13-20)27(35)15-21-22(29)9-6-10-25(21)32/h3-13,18,26H,14-17H2,1-2H3,(H,33,36)/t26-/m0/s1. The number of benzene rings is 3. The molecule has 0 aromatic heterocycles. The second-order valence-corrected chi connectivity index (χ2v) is 10.2. The molecule has 8 heteroatoms. The van der Waals surface area contributed by atoms with Crippen molar-refractivity contribution in [2.24, 2.45) is 5.92 Å². The van der Waals surface area contributed by atoms with Gasteiger partial charge in [-0.25, -0.2) is 4.39 Å². The number of carbonyl (C=O) groups is 2. The molecule has 36 heavy (non-hydrogen) atoms. The third kappa shape index (κ3) is 7.70. The van der Waals surface area contributed by atoms with E-state index in [4.69, 9.17) is 34.8 Å². The number of hydrogen-bond donors (Lipinski definition) is 1. The summed E-state index contributed by atoms with van der Waals surface area (Å²) in [5.74, 6) is -1.08. The van der Waals surface area contributed by atoms with Crippen molar-refractivity contribution >= 4 is 46.6 Å². The molecule has 0 spiro atoms. The smallest absolute Gasteiger partial charge is 0.243 e. The van der Waals surface area contributed by atoms with Crippen LogP contribution in [-0.2, 0) is 29.0 Å². The predicted octanol–water partition coefficient (Wildman–Crippen LogP) is 6.74. The molecule has 0 saturated heterocycles. The summed E-state index contributed by atoms with van der Waals surface area (Å²) in [7, 11) is 0. The highest BCUT2D eigenvalue weighted by molar-refractivity contribution is 6.42. The fourth-order valence-corrected chi connectivity index (χ4v) is 4.32. The van der Waals surface area contributed by atoms with Gasteiger partial charge in [0.25, 0.3) is 0 Å². The van der Waals surface area contributed by atoms with E-state index in [1.165, 1.54) is 23.1 Å². The number of rotatable bonds is 10. The number of nitrogens with one attached hydrogen (secondary N) is 1. The van der Waals surface area contributed by atoms with Gasteiger partial charge in [0.1, 0.15) is 11.9 Å². The van der Waals surface area contributed by atoms with Gasteiger partial charge in [0.15, 0.2) is 0 Å². The molecule has 0 radical (unpaired) electrons. The van der Waals surface area contributed by atoms with E-state index < -0.39 is 17.8 Å². The molecule has 2 amide bonds. The first-order valence-corrected chi connectivity index (χ1v) is 12.8. The van der Waals surface area contributed by atoms with Crippen molar-refractivity contribution in [1.29, 1.82) is 0 Å². The van der Waals surface area contributed by atoms with Crippen molar-refractivity contribution in [2.75, 3.05) is 6.54 Å². The Morgan fingerprint density at radius 2 is 1.61 bits per heavy atom. The molecule has 0 saturated carbocycles. The fraction of sp³-hybridized carbons (Fsp3) is 0.286. The predicted molar refractivity (Wildman–Crippen MR) is 144 cm³/mol. The zero-order valence-corrected chi connectivity index (χ0v) is 22.4. The fourth-order valence-electron chi connectivity index (χ4n) is 3.77. The SMILES string of the molecule is CC(C)CNC(=O)[C@H](Cc1ccccc1)N(Cc1ccc(Cl)c(Cl)c1)C(=O)Cc1c(F)cccc1Cl. The monoisotopic (exact) mass is 548 g/mol. The summed E-state index contributed by atoms with van der Waals surface area (Å²) in [4.78, 5) is 28.6. The maximum atomic E-state index is 14.5. The lowest BCUT2D eigenvalue weighted by atomic mass is 10.0. The van der Waals surface area contributed by atoms with Crippen LogP contribution in [-0.4, -0.2) is 29.3 Å². The number of carbonyl (C=O) groups excluding carboxylic acids is 2. The lowest BCUT2D eigenvalue weighted by Gasteiger charge is -2.32. The lowest BCUT2D eigenvalue weighted by molar-refractivity contribution is -0.140. The molecule has 190 valence electrons. The number of hydrogen-bond acceptors (Lipinski definition) is 2. The van der Waals surface area contributed by atoms with Crippen LogP contribution in [0, 0.1) is 11.7 Å². The Morgan fingerprint density at radius 3 is 2.25 bits per heavy atom. The largest absolute Gasteiger partial charge is 0.354 e. The van der Waals surface area contributed by atoms with Crippen LogP contribution in [0.2, 0.25) is 15.1 Å². The van der Waals surface area contributed by atoms with E-state index in [0.29, 0.717) is 22.2 Å². The van der Waals surface area contributed by atoms with Gasteiger partial charge in [-0.3, -0.25) is 9.59 Å². The molecule has 3 aromatic carbocycles. The number of amides is 2. The van der Waals surface area contributed by atoms with E-state index in [9.17, 15) is 14.0 Å². The normalized spacial score (nSPS) is 11.9. The highest BCUT2D eigenvalue weighted by atomic mass is 35.5. The van der Waals surface area contributed by atoms with Crippen molar-refractivity contribution < 1.29 is 14.0 Å². The Bertz CT molecular complexity index is 1180. The summed E-state index contributed by atoms with van der Waals surface area (Å²) in [6, 6.07) is 17.9. The number of halogens is 4. The average Bonchev–Trinajstić information content (AvgIpc) is 2.84. The Kier molecular flexibility index (Phi) is 10.2.